The van der Waals surface area contributed by atoms with Crippen LogP contribution in [0.2, 0.25) is 0 Å². The summed E-state index contributed by atoms with van der Waals surface area (Å²) in [5.41, 5.74) is 1.66. The standard InChI is InChI=1S/C14H17NO3/c1-9-6-7-13(18-2)11(8-9)15-14(17)10-4-3-5-12(10)16/h6-8,10H,3-5H2,1-2H3,(H,15,17). The fraction of sp³-hybridized carbons (Fsp3) is 0.429. The molecular formula is C14H17NO3. The zero-order chi connectivity index (χ0) is 13.1. The minimum absolute atomic E-state index is 0.0409. The lowest BCUT2D eigenvalue weighted by Crippen LogP contribution is -2.25. The van der Waals surface area contributed by atoms with E-state index in [-0.39, 0.29) is 11.7 Å². The first-order chi connectivity index (χ1) is 8.61. The Morgan fingerprint density at radius 3 is 2.83 bits per heavy atom. The monoisotopic (exact) mass is 247 g/mol. The van der Waals surface area contributed by atoms with Crippen LogP contribution < -0.4 is 10.1 Å². The summed E-state index contributed by atoms with van der Waals surface area (Å²) in [5.74, 6) is -0.0601. The molecule has 0 aromatic heterocycles. The summed E-state index contributed by atoms with van der Waals surface area (Å²) in [5, 5.41) is 2.79. The maximum Gasteiger partial charge on any atom is 0.235 e. The molecule has 1 atom stereocenters. The molecule has 96 valence electrons. The molecule has 1 N–H and O–H groups in total. The molecule has 0 heterocycles. The Kier molecular flexibility index (Phi) is 3.65. The number of aryl methyl sites for hydroxylation is 1. The maximum absolute atomic E-state index is 12.0. The first-order valence-electron chi connectivity index (χ1n) is 6.10. The maximum atomic E-state index is 12.0. The highest BCUT2D eigenvalue weighted by atomic mass is 16.5. The zero-order valence-electron chi connectivity index (χ0n) is 10.7. The second-order valence-corrected chi connectivity index (χ2v) is 4.60. The molecule has 1 aliphatic carbocycles. The van der Waals surface area contributed by atoms with E-state index in [1.54, 1.807) is 13.2 Å². The smallest absolute Gasteiger partial charge is 0.235 e. The molecule has 0 bridgehead atoms. The third kappa shape index (κ3) is 2.53. The Balaban J connectivity index is 2.15. The zero-order valence-corrected chi connectivity index (χ0v) is 10.7. The number of rotatable bonds is 3. The van der Waals surface area contributed by atoms with Gasteiger partial charge in [-0.05, 0) is 37.5 Å². The lowest BCUT2D eigenvalue weighted by Gasteiger charge is -2.13. The lowest BCUT2D eigenvalue weighted by atomic mass is 10.1. The van der Waals surface area contributed by atoms with Crippen molar-refractivity contribution in [3.63, 3.8) is 0 Å². The van der Waals surface area contributed by atoms with Crippen LogP contribution in [0.5, 0.6) is 5.75 Å². The Morgan fingerprint density at radius 2 is 2.22 bits per heavy atom. The molecule has 4 nitrogen and oxygen atoms in total. The van der Waals surface area contributed by atoms with Crippen molar-refractivity contribution in [2.45, 2.75) is 26.2 Å². The average molecular weight is 247 g/mol. The Labute approximate surface area is 106 Å². The molecule has 1 aromatic carbocycles. The third-order valence-electron chi connectivity index (χ3n) is 3.23. The summed E-state index contributed by atoms with van der Waals surface area (Å²) in [6, 6.07) is 5.56. The van der Waals surface area contributed by atoms with E-state index in [1.807, 2.05) is 19.1 Å². The van der Waals surface area contributed by atoms with Crippen LogP contribution in [-0.2, 0) is 9.59 Å². The molecule has 1 amide bonds. The summed E-state index contributed by atoms with van der Waals surface area (Å²) in [4.78, 5) is 23.6. The van der Waals surface area contributed by atoms with Crippen molar-refractivity contribution < 1.29 is 14.3 Å². The van der Waals surface area contributed by atoms with Crippen molar-refractivity contribution in [2.24, 2.45) is 5.92 Å². The summed E-state index contributed by atoms with van der Waals surface area (Å²) in [6.07, 6.45) is 1.98. The summed E-state index contributed by atoms with van der Waals surface area (Å²) >= 11 is 0. The molecule has 1 aromatic rings. The van der Waals surface area contributed by atoms with E-state index in [4.69, 9.17) is 4.74 Å². The number of ketones is 1. The molecule has 0 aliphatic heterocycles. The molecule has 2 rings (SSSR count). The second-order valence-electron chi connectivity index (χ2n) is 4.60. The van der Waals surface area contributed by atoms with E-state index in [1.165, 1.54) is 0 Å². The van der Waals surface area contributed by atoms with Crippen molar-refractivity contribution in [3.05, 3.63) is 23.8 Å². The van der Waals surface area contributed by atoms with E-state index in [2.05, 4.69) is 5.32 Å². The van der Waals surface area contributed by atoms with Crippen LogP contribution in [0.1, 0.15) is 24.8 Å². The van der Waals surface area contributed by atoms with Gasteiger partial charge in [0.2, 0.25) is 5.91 Å². The van der Waals surface area contributed by atoms with Gasteiger partial charge in [0.25, 0.3) is 0 Å². The number of nitrogens with one attached hydrogen (secondary N) is 1. The van der Waals surface area contributed by atoms with Gasteiger partial charge >= 0.3 is 0 Å². The molecule has 4 heteroatoms. The van der Waals surface area contributed by atoms with E-state index >= 15 is 0 Å². The first-order valence-corrected chi connectivity index (χ1v) is 6.10. The van der Waals surface area contributed by atoms with Crippen molar-refractivity contribution in [2.75, 3.05) is 12.4 Å². The van der Waals surface area contributed by atoms with Gasteiger partial charge in [0.15, 0.2) is 0 Å². The molecule has 1 fully saturated rings. The van der Waals surface area contributed by atoms with Crippen LogP contribution >= 0.6 is 0 Å². The van der Waals surface area contributed by atoms with Gasteiger partial charge in [-0.1, -0.05) is 6.07 Å². The number of carbonyl (C=O) groups is 2. The van der Waals surface area contributed by atoms with E-state index in [0.717, 1.165) is 12.0 Å². The first kappa shape index (κ1) is 12.6. The Bertz CT molecular complexity index is 482. The number of anilines is 1. The van der Waals surface area contributed by atoms with Crippen molar-refractivity contribution in [1.29, 1.82) is 0 Å². The minimum atomic E-state index is -0.491. The Hall–Kier alpha value is -1.84. The summed E-state index contributed by atoms with van der Waals surface area (Å²) < 4.78 is 5.19. The van der Waals surface area contributed by atoms with Crippen LogP contribution in [0.4, 0.5) is 5.69 Å². The average Bonchev–Trinajstić information content (AvgIpc) is 2.76. The fourth-order valence-corrected chi connectivity index (χ4v) is 2.23. The van der Waals surface area contributed by atoms with Crippen LogP contribution in [-0.4, -0.2) is 18.8 Å². The highest BCUT2D eigenvalue weighted by molar-refractivity contribution is 6.08. The van der Waals surface area contributed by atoms with Crippen molar-refractivity contribution >= 4 is 17.4 Å². The van der Waals surface area contributed by atoms with Crippen LogP contribution in [0.15, 0.2) is 18.2 Å². The molecule has 0 spiro atoms. The number of amides is 1. The number of hydrogen-bond acceptors (Lipinski definition) is 3. The van der Waals surface area contributed by atoms with Gasteiger partial charge in [-0.3, -0.25) is 9.59 Å². The van der Waals surface area contributed by atoms with Crippen molar-refractivity contribution in [3.8, 4) is 5.75 Å². The molecule has 1 saturated carbocycles. The topological polar surface area (TPSA) is 55.4 Å². The van der Waals surface area contributed by atoms with Crippen LogP contribution in [0.25, 0.3) is 0 Å². The molecular weight excluding hydrogens is 230 g/mol. The van der Waals surface area contributed by atoms with E-state index in [0.29, 0.717) is 24.3 Å². The number of methoxy groups -OCH3 is 1. The summed E-state index contributed by atoms with van der Waals surface area (Å²) in [6.45, 7) is 1.94. The predicted molar refractivity (Wildman–Crippen MR) is 68.7 cm³/mol. The number of Topliss-reactive ketones (excluding diaryl/α,β-unsaturated/α-hetero) is 1. The largest absolute Gasteiger partial charge is 0.495 e. The fourth-order valence-electron chi connectivity index (χ4n) is 2.23. The Morgan fingerprint density at radius 1 is 1.44 bits per heavy atom. The SMILES string of the molecule is COc1ccc(C)cc1NC(=O)C1CCCC1=O. The van der Waals surface area contributed by atoms with E-state index < -0.39 is 5.92 Å². The number of benzene rings is 1. The highest BCUT2D eigenvalue weighted by Crippen LogP contribution is 2.28. The van der Waals surface area contributed by atoms with Gasteiger partial charge in [0.05, 0.1) is 18.7 Å². The summed E-state index contributed by atoms with van der Waals surface area (Å²) in [7, 11) is 1.56. The lowest BCUT2D eigenvalue weighted by molar-refractivity contribution is -0.129. The van der Waals surface area contributed by atoms with Crippen LogP contribution in [0, 0.1) is 12.8 Å². The van der Waals surface area contributed by atoms with Gasteiger partial charge in [0, 0.05) is 6.42 Å². The quantitative estimate of drug-likeness (QED) is 0.834. The molecule has 0 saturated heterocycles. The number of hydrogen-bond donors (Lipinski definition) is 1. The van der Waals surface area contributed by atoms with Crippen molar-refractivity contribution in [1.82, 2.24) is 0 Å². The van der Waals surface area contributed by atoms with Crippen LogP contribution in [0.3, 0.4) is 0 Å². The van der Waals surface area contributed by atoms with Gasteiger partial charge in [0.1, 0.15) is 11.5 Å². The van der Waals surface area contributed by atoms with Gasteiger partial charge < -0.3 is 10.1 Å². The number of carbonyl (C=O) groups excluding carboxylic acids is 2. The van der Waals surface area contributed by atoms with E-state index in [9.17, 15) is 9.59 Å². The number of ether oxygens (including phenoxy) is 1. The van der Waals surface area contributed by atoms with Gasteiger partial charge in [-0.2, -0.15) is 0 Å². The predicted octanol–water partition coefficient (Wildman–Crippen LogP) is 2.31. The third-order valence-corrected chi connectivity index (χ3v) is 3.23. The molecule has 1 aliphatic rings. The molecule has 1 unspecified atom stereocenters. The van der Waals surface area contributed by atoms with Gasteiger partial charge in [-0.15, -0.1) is 0 Å². The minimum Gasteiger partial charge on any atom is -0.495 e. The highest BCUT2D eigenvalue weighted by Gasteiger charge is 2.31. The van der Waals surface area contributed by atoms with Gasteiger partial charge in [-0.25, -0.2) is 0 Å². The molecule has 0 radical (unpaired) electrons. The molecule has 18 heavy (non-hydrogen) atoms. The normalized spacial score (nSPS) is 18.8. The second kappa shape index (κ2) is 5.21.